The highest BCUT2D eigenvalue weighted by molar-refractivity contribution is 6.00. The van der Waals surface area contributed by atoms with Gasteiger partial charge in [-0.1, -0.05) is 80.4 Å². The molecule has 5 nitrogen and oxygen atoms in total. The number of carboxylic acids is 1. The van der Waals surface area contributed by atoms with E-state index >= 15 is 0 Å². The second-order valence-corrected chi connectivity index (χ2v) is 6.48. The average Bonchev–Trinajstić information content (AvgIpc) is 2.66. The summed E-state index contributed by atoms with van der Waals surface area (Å²) in [5.41, 5.74) is 1.50. The molecule has 0 aliphatic rings. The predicted molar refractivity (Wildman–Crippen MR) is 103 cm³/mol. The first kappa shape index (κ1) is 20.4. The van der Waals surface area contributed by atoms with Crippen molar-refractivity contribution in [3.8, 4) is 0 Å². The second-order valence-electron chi connectivity index (χ2n) is 6.48. The summed E-state index contributed by atoms with van der Waals surface area (Å²) in [6.07, 6.45) is 1.67. The monoisotopic (exact) mass is 367 g/mol. The first-order valence-electron chi connectivity index (χ1n) is 9.18. The van der Waals surface area contributed by atoms with Crippen LogP contribution in [0.5, 0.6) is 0 Å². The van der Waals surface area contributed by atoms with Gasteiger partial charge in [0, 0.05) is 0 Å². The van der Waals surface area contributed by atoms with Crippen LogP contribution in [-0.2, 0) is 27.2 Å². The summed E-state index contributed by atoms with van der Waals surface area (Å²) in [4.78, 5) is 38.6. The van der Waals surface area contributed by atoms with Gasteiger partial charge in [-0.2, -0.15) is 0 Å². The van der Waals surface area contributed by atoms with E-state index in [1.165, 1.54) is 0 Å². The highest BCUT2D eigenvalue weighted by Crippen LogP contribution is 2.15. The molecule has 1 unspecified atom stereocenters. The Labute approximate surface area is 159 Å². The van der Waals surface area contributed by atoms with Crippen molar-refractivity contribution in [2.45, 2.75) is 45.1 Å². The molecule has 142 valence electrons. The van der Waals surface area contributed by atoms with Crippen molar-refractivity contribution in [2.75, 3.05) is 0 Å². The minimum Gasteiger partial charge on any atom is -0.480 e. The van der Waals surface area contributed by atoms with E-state index in [0.29, 0.717) is 6.42 Å². The van der Waals surface area contributed by atoms with Crippen LogP contribution in [0.3, 0.4) is 0 Å². The molecule has 27 heavy (non-hydrogen) atoms. The number of benzene rings is 2. The van der Waals surface area contributed by atoms with E-state index in [9.17, 15) is 19.5 Å². The number of imide groups is 1. The second kappa shape index (κ2) is 10.3. The van der Waals surface area contributed by atoms with Crippen molar-refractivity contribution < 1.29 is 19.5 Å². The highest BCUT2D eigenvalue weighted by Gasteiger charge is 2.34. The fourth-order valence-corrected chi connectivity index (χ4v) is 2.96. The number of hydrogen-bond donors (Lipinski definition) is 1. The molecule has 0 fully saturated rings. The number of hydrogen-bond acceptors (Lipinski definition) is 3. The van der Waals surface area contributed by atoms with Crippen LogP contribution in [0.15, 0.2) is 60.7 Å². The van der Waals surface area contributed by atoms with Crippen LogP contribution >= 0.6 is 0 Å². The molecular weight excluding hydrogens is 342 g/mol. The lowest BCUT2D eigenvalue weighted by Crippen LogP contribution is -2.50. The molecule has 2 aromatic carbocycles. The van der Waals surface area contributed by atoms with E-state index < -0.39 is 23.8 Å². The molecule has 0 saturated heterocycles. The summed E-state index contributed by atoms with van der Waals surface area (Å²) in [7, 11) is 0. The Morgan fingerprint density at radius 2 is 1.30 bits per heavy atom. The summed E-state index contributed by atoms with van der Waals surface area (Å²) in [5.74, 6) is -2.11. The Bertz CT molecular complexity index is 705. The van der Waals surface area contributed by atoms with Crippen LogP contribution in [-0.4, -0.2) is 33.8 Å². The normalized spacial score (nSPS) is 11.6. The molecule has 1 N–H and O–H groups in total. The third kappa shape index (κ3) is 6.06. The first-order valence-corrected chi connectivity index (χ1v) is 9.18. The lowest BCUT2D eigenvalue weighted by atomic mass is 10.0. The highest BCUT2D eigenvalue weighted by atomic mass is 16.4. The smallest absolute Gasteiger partial charge is 0.326 e. The van der Waals surface area contributed by atoms with Crippen molar-refractivity contribution >= 4 is 17.8 Å². The zero-order valence-corrected chi connectivity index (χ0v) is 15.5. The maximum Gasteiger partial charge on any atom is 0.326 e. The van der Waals surface area contributed by atoms with Crippen LogP contribution < -0.4 is 0 Å². The summed E-state index contributed by atoms with van der Waals surface area (Å²) >= 11 is 0. The molecule has 0 aromatic heterocycles. The fourth-order valence-electron chi connectivity index (χ4n) is 2.96. The van der Waals surface area contributed by atoms with Crippen molar-refractivity contribution in [1.29, 1.82) is 0 Å². The minimum absolute atomic E-state index is 0.00270. The van der Waals surface area contributed by atoms with E-state index in [4.69, 9.17) is 0 Å². The van der Waals surface area contributed by atoms with Crippen molar-refractivity contribution in [2.24, 2.45) is 0 Å². The molecule has 0 bridgehead atoms. The Morgan fingerprint density at radius 1 is 0.852 bits per heavy atom. The maximum absolute atomic E-state index is 12.9. The molecule has 2 amide bonds. The van der Waals surface area contributed by atoms with Gasteiger partial charge >= 0.3 is 5.97 Å². The van der Waals surface area contributed by atoms with Crippen LogP contribution in [0.1, 0.15) is 37.3 Å². The molecular formula is C22H25NO4. The van der Waals surface area contributed by atoms with E-state index in [2.05, 4.69) is 0 Å². The molecule has 2 rings (SSSR count). The molecule has 2 aromatic rings. The van der Waals surface area contributed by atoms with E-state index in [0.717, 1.165) is 22.4 Å². The Balaban J connectivity index is 2.26. The molecule has 0 aliphatic carbocycles. The summed E-state index contributed by atoms with van der Waals surface area (Å²) < 4.78 is 0. The van der Waals surface area contributed by atoms with Gasteiger partial charge in [-0.25, -0.2) is 4.79 Å². The fraction of sp³-hybridized carbons (Fsp3) is 0.318. The Morgan fingerprint density at radius 3 is 1.67 bits per heavy atom. The van der Waals surface area contributed by atoms with Crippen molar-refractivity contribution in [3.05, 3.63) is 71.8 Å². The molecule has 5 heteroatoms. The lowest BCUT2D eigenvalue weighted by Gasteiger charge is -2.27. The van der Waals surface area contributed by atoms with Gasteiger partial charge in [-0.3, -0.25) is 14.5 Å². The molecule has 0 spiro atoms. The Hall–Kier alpha value is -2.95. The van der Waals surface area contributed by atoms with Crippen LogP contribution in [0.4, 0.5) is 0 Å². The van der Waals surface area contributed by atoms with Gasteiger partial charge in [0.15, 0.2) is 0 Å². The number of rotatable bonds is 9. The lowest BCUT2D eigenvalue weighted by molar-refractivity contribution is -0.158. The van der Waals surface area contributed by atoms with Gasteiger partial charge in [0.25, 0.3) is 0 Å². The number of amides is 2. The molecule has 1 atom stereocenters. The van der Waals surface area contributed by atoms with Gasteiger partial charge in [0.2, 0.25) is 11.8 Å². The Kier molecular flexibility index (Phi) is 7.74. The quantitative estimate of drug-likeness (QED) is 0.736. The zero-order chi connectivity index (χ0) is 19.6. The standard InChI is InChI=1S/C22H25NO4/c1-2-3-14-19(22(26)27)23(20(24)15-17-10-6-4-7-11-17)21(25)16-18-12-8-5-9-13-18/h4-13,19H,2-3,14-16H2,1H3,(H,26,27). The van der Waals surface area contributed by atoms with Crippen LogP contribution in [0.2, 0.25) is 0 Å². The van der Waals surface area contributed by atoms with Gasteiger partial charge < -0.3 is 5.11 Å². The number of carbonyl (C=O) groups excluding carboxylic acids is 2. The molecule has 0 heterocycles. The van der Waals surface area contributed by atoms with E-state index in [-0.39, 0.29) is 19.3 Å². The average molecular weight is 367 g/mol. The van der Waals surface area contributed by atoms with Crippen molar-refractivity contribution in [1.82, 2.24) is 4.90 Å². The maximum atomic E-state index is 12.9. The van der Waals surface area contributed by atoms with Crippen LogP contribution in [0.25, 0.3) is 0 Å². The summed E-state index contributed by atoms with van der Waals surface area (Å²) in [6.45, 7) is 1.95. The number of carbonyl (C=O) groups is 3. The number of unbranched alkanes of at least 4 members (excludes halogenated alkanes) is 1. The minimum atomic E-state index is -1.15. The summed E-state index contributed by atoms with van der Waals surface area (Å²) in [5, 5.41) is 9.65. The third-order valence-electron chi connectivity index (χ3n) is 4.36. The van der Waals surface area contributed by atoms with E-state index in [1.807, 2.05) is 43.3 Å². The topological polar surface area (TPSA) is 74.7 Å². The SMILES string of the molecule is CCCCC(C(=O)O)N(C(=O)Cc1ccccc1)C(=O)Cc1ccccc1. The van der Waals surface area contributed by atoms with Gasteiger partial charge in [0.1, 0.15) is 6.04 Å². The van der Waals surface area contributed by atoms with Crippen LogP contribution in [0, 0.1) is 0 Å². The molecule has 0 radical (unpaired) electrons. The van der Waals surface area contributed by atoms with Gasteiger partial charge in [-0.05, 0) is 17.5 Å². The molecule has 0 aliphatic heterocycles. The first-order chi connectivity index (χ1) is 13.0. The molecule has 0 saturated carbocycles. The van der Waals surface area contributed by atoms with Gasteiger partial charge in [-0.15, -0.1) is 0 Å². The predicted octanol–water partition coefficient (Wildman–Crippen LogP) is 3.47. The van der Waals surface area contributed by atoms with E-state index in [1.54, 1.807) is 24.3 Å². The number of carboxylic acid groups (broad SMARTS) is 1. The van der Waals surface area contributed by atoms with Gasteiger partial charge in [0.05, 0.1) is 12.8 Å². The zero-order valence-electron chi connectivity index (χ0n) is 15.5. The summed E-state index contributed by atoms with van der Waals surface area (Å²) in [6, 6.07) is 16.9. The largest absolute Gasteiger partial charge is 0.480 e. The number of nitrogens with zero attached hydrogens (tertiary/aromatic N) is 1. The van der Waals surface area contributed by atoms with Crippen molar-refractivity contribution in [3.63, 3.8) is 0 Å². The number of aliphatic carboxylic acids is 1. The third-order valence-corrected chi connectivity index (χ3v) is 4.36.